The third-order valence-corrected chi connectivity index (χ3v) is 2.73. The van der Waals surface area contributed by atoms with Crippen molar-refractivity contribution in [3.8, 4) is 0 Å². The largest absolute Gasteiger partial charge is 0.480 e. The second-order valence-electron chi connectivity index (χ2n) is 4.01. The van der Waals surface area contributed by atoms with Gasteiger partial charge in [0.1, 0.15) is 6.04 Å². The molecule has 7 heteroatoms. The fraction of sp³-hybridized carbons (Fsp3) is 0.417. The normalized spacial score (nSPS) is 13.1. The van der Waals surface area contributed by atoms with Crippen LogP contribution in [0.2, 0.25) is 5.02 Å². The number of rotatable bonds is 5. The molecule has 0 aromatic heterocycles. The lowest BCUT2D eigenvalue weighted by molar-refractivity contribution is -0.139. The van der Waals surface area contributed by atoms with E-state index in [4.69, 9.17) is 16.7 Å². The molecule has 0 spiro atoms. The van der Waals surface area contributed by atoms with Crippen LogP contribution in [-0.2, 0) is 11.0 Å². The quantitative estimate of drug-likeness (QED) is 0.862. The summed E-state index contributed by atoms with van der Waals surface area (Å²) in [5, 5.41) is 11.3. The van der Waals surface area contributed by atoms with Crippen molar-refractivity contribution < 1.29 is 23.1 Å². The summed E-state index contributed by atoms with van der Waals surface area (Å²) in [5.41, 5.74) is -1.25. The van der Waals surface area contributed by atoms with Gasteiger partial charge in [0.15, 0.2) is 0 Å². The number of hydrogen-bond donors (Lipinski definition) is 2. The number of carbonyl (C=O) groups is 1. The molecule has 19 heavy (non-hydrogen) atoms. The van der Waals surface area contributed by atoms with Gasteiger partial charge in [0, 0.05) is 10.7 Å². The van der Waals surface area contributed by atoms with Gasteiger partial charge in [-0.2, -0.15) is 13.2 Å². The molecule has 0 saturated carbocycles. The van der Waals surface area contributed by atoms with Crippen LogP contribution in [0.3, 0.4) is 0 Å². The zero-order chi connectivity index (χ0) is 14.6. The van der Waals surface area contributed by atoms with Gasteiger partial charge in [0.25, 0.3) is 0 Å². The van der Waals surface area contributed by atoms with E-state index in [0.29, 0.717) is 6.42 Å². The van der Waals surface area contributed by atoms with E-state index in [0.717, 1.165) is 12.1 Å². The fourth-order valence-electron chi connectivity index (χ4n) is 1.61. The Morgan fingerprint density at radius 1 is 1.47 bits per heavy atom. The van der Waals surface area contributed by atoms with Crippen molar-refractivity contribution in [1.29, 1.82) is 0 Å². The SMILES string of the molecule is CCCC(Nc1ccc(Cl)cc1C(F)(F)F)C(=O)O. The van der Waals surface area contributed by atoms with Crippen molar-refractivity contribution in [2.45, 2.75) is 32.0 Å². The van der Waals surface area contributed by atoms with Crippen LogP contribution in [0, 0.1) is 0 Å². The Hall–Kier alpha value is -1.43. The maximum Gasteiger partial charge on any atom is 0.418 e. The molecular formula is C12H13ClF3NO2. The number of carboxylic acids is 1. The van der Waals surface area contributed by atoms with Gasteiger partial charge in [0.05, 0.1) is 5.56 Å². The molecule has 0 aliphatic heterocycles. The molecule has 2 N–H and O–H groups in total. The minimum Gasteiger partial charge on any atom is -0.480 e. The predicted octanol–water partition coefficient (Wildman–Crippen LogP) is 4.02. The molecule has 0 amide bonds. The summed E-state index contributed by atoms with van der Waals surface area (Å²) < 4.78 is 38.5. The molecule has 106 valence electrons. The lowest BCUT2D eigenvalue weighted by atomic mass is 10.1. The number of benzene rings is 1. The number of anilines is 1. The van der Waals surface area contributed by atoms with E-state index in [1.54, 1.807) is 6.92 Å². The van der Waals surface area contributed by atoms with Crippen LogP contribution < -0.4 is 5.32 Å². The molecule has 0 fully saturated rings. The lowest BCUT2D eigenvalue weighted by Crippen LogP contribution is -2.30. The molecule has 1 unspecified atom stereocenters. The van der Waals surface area contributed by atoms with E-state index >= 15 is 0 Å². The van der Waals surface area contributed by atoms with E-state index in [1.807, 2.05) is 0 Å². The Labute approximate surface area is 113 Å². The first-order valence-corrected chi connectivity index (χ1v) is 5.99. The Morgan fingerprint density at radius 3 is 2.58 bits per heavy atom. The third-order valence-electron chi connectivity index (χ3n) is 2.49. The Balaban J connectivity index is 3.09. The average molecular weight is 296 g/mol. The number of carboxylic acid groups (broad SMARTS) is 1. The summed E-state index contributed by atoms with van der Waals surface area (Å²) in [4.78, 5) is 11.0. The number of hydrogen-bond acceptors (Lipinski definition) is 2. The van der Waals surface area contributed by atoms with E-state index in [-0.39, 0.29) is 17.1 Å². The van der Waals surface area contributed by atoms with E-state index in [2.05, 4.69) is 5.32 Å². The van der Waals surface area contributed by atoms with E-state index in [1.165, 1.54) is 6.07 Å². The lowest BCUT2D eigenvalue weighted by Gasteiger charge is -2.19. The first-order chi connectivity index (χ1) is 8.75. The molecule has 0 aliphatic rings. The molecule has 1 atom stereocenters. The highest BCUT2D eigenvalue weighted by atomic mass is 35.5. The monoisotopic (exact) mass is 295 g/mol. The molecule has 0 aliphatic carbocycles. The molecule has 1 rings (SSSR count). The average Bonchev–Trinajstić information content (AvgIpc) is 2.29. The molecule has 0 saturated heterocycles. The van der Waals surface area contributed by atoms with Gasteiger partial charge in [-0.3, -0.25) is 0 Å². The van der Waals surface area contributed by atoms with Gasteiger partial charge in [0.2, 0.25) is 0 Å². The highest BCUT2D eigenvalue weighted by Gasteiger charge is 2.34. The highest BCUT2D eigenvalue weighted by Crippen LogP contribution is 2.36. The topological polar surface area (TPSA) is 49.3 Å². The molecule has 1 aromatic rings. The minimum atomic E-state index is -4.59. The smallest absolute Gasteiger partial charge is 0.418 e. The van der Waals surface area contributed by atoms with Crippen molar-refractivity contribution in [2.75, 3.05) is 5.32 Å². The van der Waals surface area contributed by atoms with Crippen molar-refractivity contribution in [3.63, 3.8) is 0 Å². The van der Waals surface area contributed by atoms with Gasteiger partial charge < -0.3 is 10.4 Å². The summed E-state index contributed by atoms with van der Waals surface area (Å²) in [5.74, 6) is -1.19. The van der Waals surface area contributed by atoms with Crippen LogP contribution in [-0.4, -0.2) is 17.1 Å². The molecule has 3 nitrogen and oxygen atoms in total. The van der Waals surface area contributed by atoms with Gasteiger partial charge >= 0.3 is 12.1 Å². The minimum absolute atomic E-state index is 0.0553. The predicted molar refractivity (Wildman–Crippen MR) is 66.4 cm³/mol. The van der Waals surface area contributed by atoms with Crippen LogP contribution in [0.1, 0.15) is 25.3 Å². The van der Waals surface area contributed by atoms with Crippen LogP contribution in [0.4, 0.5) is 18.9 Å². The third kappa shape index (κ3) is 4.31. The van der Waals surface area contributed by atoms with Crippen LogP contribution in [0.25, 0.3) is 0 Å². The summed E-state index contributed by atoms with van der Waals surface area (Å²) in [6.07, 6.45) is -3.82. The van der Waals surface area contributed by atoms with Crippen LogP contribution in [0.15, 0.2) is 18.2 Å². The second-order valence-corrected chi connectivity index (χ2v) is 4.45. The van der Waals surface area contributed by atoms with Crippen molar-refractivity contribution in [1.82, 2.24) is 0 Å². The Kier molecular flexibility index (Phi) is 5.05. The summed E-state index contributed by atoms with van der Waals surface area (Å²) in [6, 6.07) is 2.13. The maximum absolute atomic E-state index is 12.8. The highest BCUT2D eigenvalue weighted by molar-refractivity contribution is 6.30. The molecule has 1 aromatic carbocycles. The van der Waals surface area contributed by atoms with Crippen molar-refractivity contribution in [2.24, 2.45) is 0 Å². The summed E-state index contributed by atoms with van der Waals surface area (Å²) >= 11 is 5.54. The number of aliphatic carboxylic acids is 1. The second kappa shape index (κ2) is 6.14. The summed E-state index contributed by atoms with van der Waals surface area (Å²) in [6.45, 7) is 1.75. The maximum atomic E-state index is 12.8. The van der Waals surface area contributed by atoms with E-state index < -0.39 is 23.8 Å². The van der Waals surface area contributed by atoms with Gasteiger partial charge in [-0.1, -0.05) is 24.9 Å². The van der Waals surface area contributed by atoms with E-state index in [9.17, 15) is 18.0 Å². The number of halogens is 4. The molecular weight excluding hydrogens is 283 g/mol. The Bertz CT molecular complexity index is 463. The first-order valence-electron chi connectivity index (χ1n) is 5.61. The fourth-order valence-corrected chi connectivity index (χ4v) is 1.78. The zero-order valence-corrected chi connectivity index (χ0v) is 10.8. The van der Waals surface area contributed by atoms with Crippen LogP contribution >= 0.6 is 11.6 Å². The Morgan fingerprint density at radius 2 is 2.11 bits per heavy atom. The van der Waals surface area contributed by atoms with Crippen molar-refractivity contribution in [3.05, 3.63) is 28.8 Å². The number of alkyl halides is 3. The first kappa shape index (κ1) is 15.6. The van der Waals surface area contributed by atoms with Gasteiger partial charge in [-0.15, -0.1) is 0 Å². The standard InChI is InChI=1S/C12H13ClF3NO2/c1-2-3-10(11(18)19)17-9-5-4-7(13)6-8(9)12(14,15)16/h4-6,10,17H,2-3H2,1H3,(H,18,19). The van der Waals surface area contributed by atoms with Crippen LogP contribution in [0.5, 0.6) is 0 Å². The van der Waals surface area contributed by atoms with Crippen molar-refractivity contribution >= 4 is 23.3 Å². The number of nitrogens with one attached hydrogen (secondary N) is 1. The molecule has 0 bridgehead atoms. The summed E-state index contributed by atoms with van der Waals surface area (Å²) in [7, 11) is 0. The van der Waals surface area contributed by atoms with Gasteiger partial charge in [-0.05, 0) is 24.6 Å². The zero-order valence-electron chi connectivity index (χ0n) is 10.1. The molecule has 0 heterocycles. The van der Waals surface area contributed by atoms with Gasteiger partial charge in [-0.25, -0.2) is 4.79 Å². The molecule has 0 radical (unpaired) electrons.